The number of benzene rings is 1. The molecule has 0 saturated heterocycles. The highest BCUT2D eigenvalue weighted by Crippen LogP contribution is 2.11. The molecule has 0 fully saturated rings. The standard InChI is InChI=1S/C14H17N3O2/c1-3-11-4-6-12(7-5-11)15-13(18)8-9-14-17-16-10(2)19-14/h4-7H,3,8-9H2,1-2H3,(H,15,18). The van der Waals surface area contributed by atoms with Crippen molar-refractivity contribution in [1.29, 1.82) is 0 Å². The number of aryl methyl sites for hydroxylation is 3. The van der Waals surface area contributed by atoms with Gasteiger partial charge in [0.05, 0.1) is 0 Å². The van der Waals surface area contributed by atoms with Crippen LogP contribution >= 0.6 is 0 Å². The molecule has 5 nitrogen and oxygen atoms in total. The molecule has 5 heteroatoms. The van der Waals surface area contributed by atoms with Gasteiger partial charge >= 0.3 is 0 Å². The summed E-state index contributed by atoms with van der Waals surface area (Å²) in [6.45, 7) is 3.83. The zero-order chi connectivity index (χ0) is 13.7. The largest absolute Gasteiger partial charge is 0.426 e. The van der Waals surface area contributed by atoms with Crippen LogP contribution in [0.5, 0.6) is 0 Å². The Labute approximate surface area is 112 Å². The Morgan fingerprint density at radius 2 is 2.00 bits per heavy atom. The lowest BCUT2D eigenvalue weighted by molar-refractivity contribution is -0.116. The second-order valence-electron chi connectivity index (χ2n) is 4.31. The second kappa shape index (κ2) is 6.13. The Bertz CT molecular complexity index is 546. The Kier molecular flexibility index (Phi) is 4.28. The first-order chi connectivity index (χ1) is 9.17. The highest BCUT2D eigenvalue weighted by atomic mass is 16.4. The molecule has 0 aliphatic heterocycles. The zero-order valence-corrected chi connectivity index (χ0v) is 11.1. The van der Waals surface area contributed by atoms with E-state index in [9.17, 15) is 4.79 Å². The number of nitrogens with zero attached hydrogens (tertiary/aromatic N) is 2. The summed E-state index contributed by atoms with van der Waals surface area (Å²) in [5, 5.41) is 10.4. The Hall–Kier alpha value is -2.17. The molecule has 2 aromatic rings. The van der Waals surface area contributed by atoms with Crippen LogP contribution in [0.25, 0.3) is 0 Å². The first kappa shape index (κ1) is 13.3. The summed E-state index contributed by atoms with van der Waals surface area (Å²) >= 11 is 0. The summed E-state index contributed by atoms with van der Waals surface area (Å²) in [5.41, 5.74) is 2.06. The molecular formula is C14H17N3O2. The minimum atomic E-state index is -0.0555. The molecule has 19 heavy (non-hydrogen) atoms. The first-order valence-corrected chi connectivity index (χ1v) is 6.35. The third-order valence-electron chi connectivity index (χ3n) is 2.78. The fraction of sp³-hybridized carbons (Fsp3) is 0.357. The minimum absolute atomic E-state index is 0.0555. The maximum absolute atomic E-state index is 11.7. The minimum Gasteiger partial charge on any atom is -0.426 e. The normalized spacial score (nSPS) is 10.4. The van der Waals surface area contributed by atoms with E-state index in [1.807, 2.05) is 24.3 Å². The fourth-order valence-corrected chi connectivity index (χ4v) is 1.71. The molecule has 0 saturated carbocycles. The topological polar surface area (TPSA) is 68.0 Å². The van der Waals surface area contributed by atoms with E-state index >= 15 is 0 Å². The average Bonchev–Trinajstić information content (AvgIpc) is 2.83. The van der Waals surface area contributed by atoms with Gasteiger partial charge in [0.2, 0.25) is 17.7 Å². The summed E-state index contributed by atoms with van der Waals surface area (Å²) in [6.07, 6.45) is 1.78. The van der Waals surface area contributed by atoms with Gasteiger partial charge in [0, 0.05) is 25.5 Å². The van der Waals surface area contributed by atoms with E-state index in [-0.39, 0.29) is 5.91 Å². The van der Waals surface area contributed by atoms with Crippen molar-refractivity contribution >= 4 is 11.6 Å². The highest BCUT2D eigenvalue weighted by molar-refractivity contribution is 5.90. The number of carbonyl (C=O) groups excluding carboxylic acids is 1. The zero-order valence-electron chi connectivity index (χ0n) is 11.1. The number of rotatable bonds is 5. The van der Waals surface area contributed by atoms with Gasteiger partial charge < -0.3 is 9.73 Å². The number of anilines is 1. The molecule has 0 unspecified atom stereocenters. The lowest BCUT2D eigenvalue weighted by Crippen LogP contribution is -2.12. The van der Waals surface area contributed by atoms with Crippen LogP contribution < -0.4 is 5.32 Å². The predicted molar refractivity (Wildman–Crippen MR) is 71.8 cm³/mol. The van der Waals surface area contributed by atoms with Gasteiger partial charge in [0.25, 0.3) is 0 Å². The van der Waals surface area contributed by atoms with Gasteiger partial charge in [-0.15, -0.1) is 10.2 Å². The van der Waals surface area contributed by atoms with E-state index in [1.165, 1.54) is 5.56 Å². The Balaban J connectivity index is 1.83. The van der Waals surface area contributed by atoms with E-state index in [4.69, 9.17) is 4.42 Å². The van der Waals surface area contributed by atoms with Gasteiger partial charge in [-0.25, -0.2) is 0 Å². The van der Waals surface area contributed by atoms with Crippen molar-refractivity contribution in [2.45, 2.75) is 33.1 Å². The van der Waals surface area contributed by atoms with E-state index in [1.54, 1.807) is 6.92 Å². The molecule has 100 valence electrons. The van der Waals surface area contributed by atoms with Crippen molar-refractivity contribution in [3.63, 3.8) is 0 Å². The fourth-order valence-electron chi connectivity index (χ4n) is 1.71. The molecule has 1 aromatic carbocycles. The lowest BCUT2D eigenvalue weighted by Gasteiger charge is -2.05. The van der Waals surface area contributed by atoms with E-state index in [0.717, 1.165) is 12.1 Å². The van der Waals surface area contributed by atoms with Crippen LogP contribution in [-0.4, -0.2) is 16.1 Å². The van der Waals surface area contributed by atoms with Crippen LogP contribution in [0, 0.1) is 6.92 Å². The van der Waals surface area contributed by atoms with Crippen LogP contribution in [0.2, 0.25) is 0 Å². The maximum Gasteiger partial charge on any atom is 0.224 e. The van der Waals surface area contributed by atoms with Crippen LogP contribution in [0.4, 0.5) is 5.69 Å². The summed E-state index contributed by atoms with van der Waals surface area (Å²) in [4.78, 5) is 11.7. The summed E-state index contributed by atoms with van der Waals surface area (Å²) in [6, 6.07) is 7.84. The van der Waals surface area contributed by atoms with Gasteiger partial charge in [-0.05, 0) is 24.1 Å². The molecule has 1 N–H and O–H groups in total. The molecule has 1 amide bonds. The monoisotopic (exact) mass is 259 g/mol. The van der Waals surface area contributed by atoms with Crippen molar-refractivity contribution in [3.8, 4) is 0 Å². The van der Waals surface area contributed by atoms with Crippen molar-refractivity contribution < 1.29 is 9.21 Å². The number of aromatic nitrogens is 2. The number of nitrogens with one attached hydrogen (secondary N) is 1. The summed E-state index contributed by atoms with van der Waals surface area (Å²) < 4.78 is 5.21. The van der Waals surface area contributed by atoms with Gasteiger partial charge in [0.1, 0.15) is 0 Å². The first-order valence-electron chi connectivity index (χ1n) is 6.35. The third kappa shape index (κ3) is 3.91. The van der Waals surface area contributed by atoms with Crippen molar-refractivity contribution in [2.24, 2.45) is 0 Å². The summed E-state index contributed by atoms with van der Waals surface area (Å²) in [7, 11) is 0. The van der Waals surface area contributed by atoms with Gasteiger partial charge in [-0.1, -0.05) is 19.1 Å². The Morgan fingerprint density at radius 1 is 1.26 bits per heavy atom. The Morgan fingerprint density at radius 3 is 2.58 bits per heavy atom. The molecule has 1 heterocycles. The van der Waals surface area contributed by atoms with Crippen molar-refractivity contribution in [2.75, 3.05) is 5.32 Å². The third-order valence-corrected chi connectivity index (χ3v) is 2.78. The molecule has 0 bridgehead atoms. The second-order valence-corrected chi connectivity index (χ2v) is 4.31. The van der Waals surface area contributed by atoms with Crippen molar-refractivity contribution in [1.82, 2.24) is 10.2 Å². The lowest BCUT2D eigenvalue weighted by atomic mass is 10.1. The van der Waals surface area contributed by atoms with Crippen LogP contribution in [0.15, 0.2) is 28.7 Å². The van der Waals surface area contributed by atoms with E-state index < -0.39 is 0 Å². The number of carbonyl (C=O) groups is 1. The maximum atomic E-state index is 11.7. The summed E-state index contributed by atoms with van der Waals surface area (Å²) in [5.74, 6) is 0.958. The molecule has 1 aromatic heterocycles. The quantitative estimate of drug-likeness (QED) is 0.895. The molecule has 0 atom stereocenters. The number of hydrogen-bond acceptors (Lipinski definition) is 4. The average molecular weight is 259 g/mol. The van der Waals surface area contributed by atoms with Crippen LogP contribution in [0.1, 0.15) is 30.7 Å². The SMILES string of the molecule is CCc1ccc(NC(=O)CCc2nnc(C)o2)cc1. The predicted octanol–water partition coefficient (Wildman–Crippen LogP) is 2.51. The van der Waals surface area contributed by atoms with Crippen LogP contribution in [-0.2, 0) is 17.6 Å². The molecule has 2 rings (SSSR count). The van der Waals surface area contributed by atoms with E-state index in [2.05, 4.69) is 22.4 Å². The molecule has 0 aliphatic carbocycles. The van der Waals surface area contributed by atoms with Gasteiger partial charge in [-0.3, -0.25) is 4.79 Å². The number of hydrogen-bond donors (Lipinski definition) is 1. The van der Waals surface area contributed by atoms with Crippen LogP contribution in [0.3, 0.4) is 0 Å². The smallest absolute Gasteiger partial charge is 0.224 e. The molecule has 0 aliphatic rings. The van der Waals surface area contributed by atoms with E-state index in [0.29, 0.717) is 24.6 Å². The molecule has 0 spiro atoms. The molecule has 0 radical (unpaired) electrons. The highest BCUT2D eigenvalue weighted by Gasteiger charge is 2.07. The number of amides is 1. The van der Waals surface area contributed by atoms with Crippen molar-refractivity contribution in [3.05, 3.63) is 41.6 Å². The molecular weight excluding hydrogens is 242 g/mol. The van der Waals surface area contributed by atoms with Gasteiger partial charge in [-0.2, -0.15) is 0 Å². The van der Waals surface area contributed by atoms with Gasteiger partial charge in [0.15, 0.2) is 0 Å².